The lowest BCUT2D eigenvalue weighted by Crippen LogP contribution is -2.12. The van der Waals surface area contributed by atoms with Gasteiger partial charge in [0.25, 0.3) is 5.91 Å². The molecule has 2 heterocycles. The zero-order chi connectivity index (χ0) is 10.7. The molecule has 1 amide bonds. The number of nitrogens with two attached hydrogens (primary N) is 1. The predicted octanol–water partition coefficient (Wildman–Crippen LogP) is 1.51. The van der Waals surface area contributed by atoms with Gasteiger partial charge in [0, 0.05) is 6.20 Å². The normalized spacial score (nSPS) is 9.87. The van der Waals surface area contributed by atoms with E-state index in [2.05, 4.69) is 10.3 Å². The van der Waals surface area contributed by atoms with Crippen LogP contribution in [0.3, 0.4) is 0 Å². The Balaban J connectivity index is 2.17. The molecule has 3 N–H and O–H groups in total. The second-order valence-electron chi connectivity index (χ2n) is 2.93. The number of hydrogen-bond donors (Lipinski definition) is 2. The minimum absolute atomic E-state index is 0.262. The first-order valence-electron chi connectivity index (χ1n) is 4.30. The number of hydrogen-bond acceptors (Lipinski definition) is 4. The van der Waals surface area contributed by atoms with Crippen LogP contribution in [0.5, 0.6) is 0 Å². The van der Waals surface area contributed by atoms with E-state index in [0.717, 1.165) is 0 Å². The fourth-order valence-electron chi connectivity index (χ4n) is 1.11. The number of furan rings is 1. The summed E-state index contributed by atoms with van der Waals surface area (Å²) in [6.07, 6.45) is 5.84. The van der Waals surface area contributed by atoms with Crippen molar-refractivity contribution < 1.29 is 9.21 Å². The maximum atomic E-state index is 11.6. The Labute approximate surface area is 85.9 Å². The van der Waals surface area contributed by atoms with Crippen molar-refractivity contribution in [2.75, 3.05) is 11.1 Å². The fraction of sp³-hybridized carbons (Fsp3) is 0. The van der Waals surface area contributed by atoms with Crippen LogP contribution >= 0.6 is 0 Å². The number of nitrogens with one attached hydrogen (secondary N) is 1. The quantitative estimate of drug-likeness (QED) is 0.775. The number of pyridine rings is 1. The Bertz CT molecular complexity index is 465. The SMILES string of the molecule is Nc1cnccc1NC(=O)c1ccoc1. The molecule has 15 heavy (non-hydrogen) atoms. The number of anilines is 2. The Kier molecular flexibility index (Phi) is 2.37. The van der Waals surface area contributed by atoms with Crippen molar-refractivity contribution in [2.45, 2.75) is 0 Å². The lowest BCUT2D eigenvalue weighted by molar-refractivity contribution is 0.102. The molecule has 5 nitrogen and oxygen atoms in total. The Morgan fingerprint density at radius 1 is 1.47 bits per heavy atom. The van der Waals surface area contributed by atoms with Crippen molar-refractivity contribution in [1.82, 2.24) is 4.98 Å². The van der Waals surface area contributed by atoms with Crippen LogP contribution < -0.4 is 11.1 Å². The highest BCUT2D eigenvalue weighted by molar-refractivity contribution is 6.05. The first-order valence-corrected chi connectivity index (χ1v) is 4.30. The van der Waals surface area contributed by atoms with Crippen molar-refractivity contribution >= 4 is 17.3 Å². The third-order valence-electron chi connectivity index (χ3n) is 1.88. The topological polar surface area (TPSA) is 81.1 Å². The average molecular weight is 203 g/mol. The van der Waals surface area contributed by atoms with E-state index in [1.54, 1.807) is 18.3 Å². The van der Waals surface area contributed by atoms with Crippen LogP contribution in [0.2, 0.25) is 0 Å². The van der Waals surface area contributed by atoms with Crippen molar-refractivity contribution in [2.24, 2.45) is 0 Å². The van der Waals surface area contributed by atoms with Crippen LogP contribution in [0.1, 0.15) is 10.4 Å². The molecule has 0 spiro atoms. The van der Waals surface area contributed by atoms with E-state index in [0.29, 0.717) is 16.9 Å². The number of amides is 1. The Morgan fingerprint density at radius 2 is 2.33 bits per heavy atom. The lowest BCUT2D eigenvalue weighted by Gasteiger charge is -2.05. The van der Waals surface area contributed by atoms with Crippen LogP contribution in [-0.4, -0.2) is 10.9 Å². The smallest absolute Gasteiger partial charge is 0.258 e. The highest BCUT2D eigenvalue weighted by Gasteiger charge is 2.08. The van der Waals surface area contributed by atoms with Crippen molar-refractivity contribution in [3.8, 4) is 0 Å². The van der Waals surface area contributed by atoms with Gasteiger partial charge in [-0.15, -0.1) is 0 Å². The summed E-state index contributed by atoms with van der Waals surface area (Å²) in [6, 6.07) is 3.21. The molecule has 0 aliphatic carbocycles. The van der Waals surface area contributed by atoms with Gasteiger partial charge in [0.1, 0.15) is 6.26 Å². The molecule has 0 atom stereocenters. The molecule has 0 saturated heterocycles. The Morgan fingerprint density at radius 3 is 3.00 bits per heavy atom. The van der Waals surface area contributed by atoms with Crippen LogP contribution in [0.25, 0.3) is 0 Å². The van der Waals surface area contributed by atoms with Gasteiger partial charge in [0.05, 0.1) is 29.4 Å². The molecule has 2 rings (SSSR count). The minimum Gasteiger partial charge on any atom is -0.472 e. The van der Waals surface area contributed by atoms with E-state index in [4.69, 9.17) is 10.2 Å². The molecule has 0 aromatic carbocycles. The molecule has 5 heteroatoms. The molecule has 0 unspecified atom stereocenters. The summed E-state index contributed by atoms with van der Waals surface area (Å²) >= 11 is 0. The Hall–Kier alpha value is -2.30. The second-order valence-corrected chi connectivity index (χ2v) is 2.93. The molecule has 0 aliphatic heterocycles. The van der Waals surface area contributed by atoms with Crippen LogP contribution in [0, 0.1) is 0 Å². The summed E-state index contributed by atoms with van der Waals surface area (Å²) in [4.78, 5) is 15.4. The summed E-state index contributed by atoms with van der Waals surface area (Å²) in [7, 11) is 0. The van der Waals surface area contributed by atoms with Gasteiger partial charge < -0.3 is 15.5 Å². The standard InChI is InChI=1S/C10H9N3O2/c11-8-5-12-3-1-9(8)13-10(14)7-2-4-15-6-7/h1-6H,11H2,(H,12,13,14). The molecule has 0 fully saturated rings. The number of aromatic nitrogens is 1. The minimum atomic E-state index is -0.262. The summed E-state index contributed by atoms with van der Waals surface area (Å²) in [5.41, 5.74) is 7.04. The third kappa shape index (κ3) is 1.96. The summed E-state index contributed by atoms with van der Waals surface area (Å²) < 4.78 is 4.80. The molecule has 0 radical (unpaired) electrons. The summed E-state index contributed by atoms with van der Waals surface area (Å²) in [5, 5.41) is 2.65. The van der Waals surface area contributed by atoms with Crippen molar-refractivity contribution in [1.29, 1.82) is 0 Å². The van der Waals surface area contributed by atoms with Crippen LogP contribution in [0.4, 0.5) is 11.4 Å². The summed E-state index contributed by atoms with van der Waals surface area (Å²) in [5.74, 6) is -0.262. The lowest BCUT2D eigenvalue weighted by atomic mass is 10.3. The third-order valence-corrected chi connectivity index (χ3v) is 1.88. The van der Waals surface area contributed by atoms with Gasteiger partial charge in [-0.1, -0.05) is 0 Å². The molecule has 2 aromatic heterocycles. The molecule has 0 bridgehead atoms. The van der Waals surface area contributed by atoms with Crippen LogP contribution in [0.15, 0.2) is 41.5 Å². The molecular weight excluding hydrogens is 194 g/mol. The molecule has 0 saturated carbocycles. The van der Waals surface area contributed by atoms with Gasteiger partial charge in [0.2, 0.25) is 0 Å². The highest BCUT2D eigenvalue weighted by atomic mass is 16.3. The van der Waals surface area contributed by atoms with Gasteiger partial charge in [0.15, 0.2) is 0 Å². The molecule has 2 aromatic rings. The first-order chi connectivity index (χ1) is 7.27. The first kappa shape index (κ1) is 9.26. The van der Waals surface area contributed by atoms with Gasteiger partial charge in [-0.2, -0.15) is 0 Å². The van der Waals surface area contributed by atoms with E-state index in [1.165, 1.54) is 18.7 Å². The second kappa shape index (κ2) is 3.83. The number of rotatable bonds is 2. The number of carbonyl (C=O) groups excluding carboxylic acids is 1. The average Bonchev–Trinajstić information content (AvgIpc) is 2.74. The largest absolute Gasteiger partial charge is 0.472 e. The van der Waals surface area contributed by atoms with E-state index in [1.807, 2.05) is 0 Å². The number of nitrogens with zero attached hydrogens (tertiary/aromatic N) is 1. The van der Waals surface area contributed by atoms with Gasteiger partial charge >= 0.3 is 0 Å². The monoisotopic (exact) mass is 203 g/mol. The maximum Gasteiger partial charge on any atom is 0.258 e. The van der Waals surface area contributed by atoms with E-state index in [-0.39, 0.29) is 5.91 Å². The predicted molar refractivity (Wildman–Crippen MR) is 55.3 cm³/mol. The number of carbonyl (C=O) groups is 1. The zero-order valence-corrected chi connectivity index (χ0v) is 7.81. The summed E-state index contributed by atoms with van der Waals surface area (Å²) in [6.45, 7) is 0. The van der Waals surface area contributed by atoms with Gasteiger partial charge in [-0.25, -0.2) is 0 Å². The number of nitrogen functional groups attached to an aromatic ring is 1. The van der Waals surface area contributed by atoms with E-state index >= 15 is 0 Å². The van der Waals surface area contributed by atoms with Crippen molar-refractivity contribution in [3.05, 3.63) is 42.6 Å². The molecular formula is C10H9N3O2. The van der Waals surface area contributed by atoms with Gasteiger partial charge in [-0.05, 0) is 12.1 Å². The molecule has 76 valence electrons. The van der Waals surface area contributed by atoms with E-state index in [9.17, 15) is 4.79 Å². The van der Waals surface area contributed by atoms with Crippen molar-refractivity contribution in [3.63, 3.8) is 0 Å². The van der Waals surface area contributed by atoms with E-state index < -0.39 is 0 Å². The maximum absolute atomic E-state index is 11.6. The molecule has 0 aliphatic rings. The fourth-order valence-corrected chi connectivity index (χ4v) is 1.11. The highest BCUT2D eigenvalue weighted by Crippen LogP contribution is 2.16. The zero-order valence-electron chi connectivity index (χ0n) is 7.81. The van der Waals surface area contributed by atoms with Crippen LogP contribution in [-0.2, 0) is 0 Å². The van der Waals surface area contributed by atoms with Gasteiger partial charge in [-0.3, -0.25) is 9.78 Å².